The van der Waals surface area contributed by atoms with Crippen molar-refractivity contribution in [1.29, 1.82) is 0 Å². The van der Waals surface area contributed by atoms with Crippen LogP contribution in [0.3, 0.4) is 0 Å². The van der Waals surface area contributed by atoms with Gasteiger partial charge >= 0.3 is 5.97 Å². The lowest BCUT2D eigenvalue weighted by atomic mass is 10.0. The molecule has 1 aromatic heterocycles. The quantitative estimate of drug-likeness (QED) is 0.308. The maximum Gasteiger partial charge on any atom is 0.337 e. The van der Waals surface area contributed by atoms with Crippen molar-refractivity contribution in [3.63, 3.8) is 0 Å². The van der Waals surface area contributed by atoms with E-state index in [1.54, 1.807) is 36.4 Å². The van der Waals surface area contributed by atoms with Gasteiger partial charge in [-0.2, -0.15) is 14.1 Å². The summed E-state index contributed by atoms with van der Waals surface area (Å²) in [6.07, 6.45) is 1.40. The normalized spacial score (nSPS) is 14.2. The lowest BCUT2D eigenvalue weighted by molar-refractivity contribution is 0.0600. The smallest absolute Gasteiger partial charge is 0.337 e. The molecule has 212 valence electrons. The number of ether oxygens (including phenoxy) is 1. The van der Waals surface area contributed by atoms with Crippen molar-refractivity contribution in [2.24, 2.45) is 0 Å². The average Bonchev–Trinajstić information content (AvgIpc) is 2.96. The standard InChI is InChI=1S/C29H26F2N4O5S/c1-40-29(37)22-9-5-8-21(14-22)27-26(18-32-35(28(27)36)25-16-23(30)15-24(31)17-25)33-10-12-34(13-11-33)41(38,39)19-20-6-3-2-4-7-20/h2-9,14-18H,10-13,19H2,1H3. The lowest BCUT2D eigenvalue weighted by Crippen LogP contribution is -2.49. The molecule has 5 rings (SSSR count). The molecule has 0 atom stereocenters. The Morgan fingerprint density at radius 1 is 0.927 bits per heavy atom. The van der Waals surface area contributed by atoms with Crippen LogP contribution >= 0.6 is 0 Å². The second-order valence-corrected chi connectivity index (χ2v) is 11.4. The summed E-state index contributed by atoms with van der Waals surface area (Å²) in [6.45, 7) is 0.874. The highest BCUT2D eigenvalue weighted by Gasteiger charge is 2.29. The Morgan fingerprint density at radius 2 is 1.61 bits per heavy atom. The van der Waals surface area contributed by atoms with Crippen LogP contribution < -0.4 is 10.5 Å². The summed E-state index contributed by atoms with van der Waals surface area (Å²) >= 11 is 0. The Hall–Kier alpha value is -4.42. The summed E-state index contributed by atoms with van der Waals surface area (Å²) in [5.74, 6) is -2.48. The molecule has 0 saturated carbocycles. The second-order valence-electron chi connectivity index (χ2n) is 9.45. The second kappa shape index (κ2) is 11.6. The lowest BCUT2D eigenvalue weighted by Gasteiger charge is -2.36. The summed E-state index contributed by atoms with van der Waals surface area (Å²) in [5.41, 5.74) is 0.993. The van der Waals surface area contributed by atoms with Crippen molar-refractivity contribution in [3.05, 3.63) is 112 Å². The van der Waals surface area contributed by atoms with E-state index in [-0.39, 0.29) is 48.7 Å². The Kier molecular flexibility index (Phi) is 7.95. The molecule has 1 fully saturated rings. The van der Waals surface area contributed by atoms with Crippen LogP contribution in [0.2, 0.25) is 0 Å². The van der Waals surface area contributed by atoms with Crippen LogP contribution in [0.1, 0.15) is 15.9 Å². The predicted octanol–water partition coefficient (Wildman–Crippen LogP) is 3.62. The summed E-state index contributed by atoms with van der Waals surface area (Å²) in [4.78, 5) is 27.9. The molecule has 41 heavy (non-hydrogen) atoms. The Labute approximate surface area is 235 Å². The van der Waals surface area contributed by atoms with Gasteiger partial charge in [0.1, 0.15) is 11.6 Å². The van der Waals surface area contributed by atoms with E-state index >= 15 is 0 Å². The fourth-order valence-corrected chi connectivity index (χ4v) is 6.32. The first-order chi connectivity index (χ1) is 19.7. The molecule has 0 aliphatic carbocycles. The first kappa shape index (κ1) is 28.1. The molecule has 12 heteroatoms. The van der Waals surface area contributed by atoms with E-state index in [0.717, 1.165) is 16.8 Å². The monoisotopic (exact) mass is 580 g/mol. The zero-order valence-corrected chi connectivity index (χ0v) is 22.9. The summed E-state index contributed by atoms with van der Waals surface area (Å²) in [7, 11) is -2.34. The minimum Gasteiger partial charge on any atom is -0.465 e. The van der Waals surface area contributed by atoms with Gasteiger partial charge in [0.05, 0.1) is 41.6 Å². The number of methoxy groups -OCH3 is 1. The molecule has 0 amide bonds. The number of aromatic nitrogens is 2. The first-order valence-electron chi connectivity index (χ1n) is 12.7. The maximum absolute atomic E-state index is 14.0. The number of nitrogens with zero attached hydrogens (tertiary/aromatic N) is 4. The third-order valence-corrected chi connectivity index (χ3v) is 8.64. The molecule has 0 bridgehead atoms. The zero-order valence-electron chi connectivity index (χ0n) is 22.0. The van der Waals surface area contributed by atoms with Crippen LogP contribution in [0.4, 0.5) is 14.5 Å². The van der Waals surface area contributed by atoms with E-state index in [2.05, 4.69) is 5.10 Å². The topological polar surface area (TPSA) is 102 Å². The van der Waals surface area contributed by atoms with E-state index in [9.17, 15) is 26.8 Å². The Balaban J connectivity index is 1.52. The molecule has 1 aliphatic heterocycles. The van der Waals surface area contributed by atoms with Crippen molar-refractivity contribution in [1.82, 2.24) is 14.1 Å². The average molecular weight is 581 g/mol. The van der Waals surface area contributed by atoms with E-state index in [4.69, 9.17) is 4.74 Å². The van der Waals surface area contributed by atoms with Gasteiger partial charge in [0.15, 0.2) is 0 Å². The minimum absolute atomic E-state index is 0.110. The number of halogens is 2. The molecule has 3 aromatic carbocycles. The van der Waals surface area contributed by atoms with E-state index in [1.807, 2.05) is 11.0 Å². The van der Waals surface area contributed by atoms with Crippen molar-refractivity contribution in [2.45, 2.75) is 5.75 Å². The van der Waals surface area contributed by atoms with Crippen molar-refractivity contribution in [2.75, 3.05) is 38.2 Å². The molecule has 0 spiro atoms. The molecular weight excluding hydrogens is 554 g/mol. The maximum atomic E-state index is 14.0. The van der Waals surface area contributed by atoms with Gasteiger partial charge in [-0.1, -0.05) is 42.5 Å². The molecular formula is C29H26F2N4O5S. The Bertz CT molecular complexity index is 1730. The van der Waals surface area contributed by atoms with Crippen LogP contribution in [0.25, 0.3) is 16.8 Å². The highest BCUT2D eigenvalue weighted by Crippen LogP contribution is 2.30. The fourth-order valence-electron chi connectivity index (χ4n) is 4.80. The molecule has 0 radical (unpaired) electrons. The number of benzene rings is 3. The van der Waals surface area contributed by atoms with Gasteiger partial charge < -0.3 is 9.64 Å². The van der Waals surface area contributed by atoms with Crippen LogP contribution in [-0.2, 0) is 20.5 Å². The van der Waals surface area contributed by atoms with Gasteiger partial charge in [-0.05, 0) is 35.4 Å². The van der Waals surface area contributed by atoms with Crippen molar-refractivity contribution < 1.29 is 26.7 Å². The minimum atomic E-state index is -3.58. The summed E-state index contributed by atoms with van der Waals surface area (Å²) < 4.78 is 61.2. The number of hydrogen-bond donors (Lipinski definition) is 0. The molecule has 1 aliphatic rings. The zero-order chi connectivity index (χ0) is 29.1. The molecule has 4 aromatic rings. The third-order valence-electron chi connectivity index (χ3n) is 6.79. The number of rotatable bonds is 7. The van der Waals surface area contributed by atoms with Gasteiger partial charge in [-0.15, -0.1) is 0 Å². The SMILES string of the molecule is COC(=O)c1cccc(-c2c(N3CCN(S(=O)(=O)Cc4ccccc4)CC3)cnn(-c3cc(F)cc(F)c3)c2=O)c1. The van der Waals surface area contributed by atoms with E-state index < -0.39 is 33.2 Å². The molecule has 2 heterocycles. The third kappa shape index (κ3) is 6.03. The fraction of sp³-hybridized carbons (Fsp3) is 0.207. The first-order valence-corrected chi connectivity index (χ1v) is 14.3. The highest BCUT2D eigenvalue weighted by atomic mass is 32.2. The van der Waals surface area contributed by atoms with Crippen LogP contribution in [0, 0.1) is 11.6 Å². The van der Waals surface area contributed by atoms with E-state index in [1.165, 1.54) is 29.7 Å². The predicted molar refractivity (Wildman–Crippen MR) is 149 cm³/mol. The van der Waals surface area contributed by atoms with Crippen molar-refractivity contribution >= 4 is 21.7 Å². The largest absolute Gasteiger partial charge is 0.465 e. The Morgan fingerprint density at radius 3 is 2.27 bits per heavy atom. The number of sulfonamides is 1. The van der Waals surface area contributed by atoms with Gasteiger partial charge in [-0.3, -0.25) is 4.79 Å². The van der Waals surface area contributed by atoms with Crippen molar-refractivity contribution in [3.8, 4) is 16.8 Å². The van der Waals surface area contributed by atoms with Crippen LogP contribution in [0.5, 0.6) is 0 Å². The van der Waals surface area contributed by atoms with Gasteiger partial charge in [0.25, 0.3) is 5.56 Å². The summed E-state index contributed by atoms with van der Waals surface area (Å²) in [5, 5.41) is 4.20. The number of hydrogen-bond acceptors (Lipinski definition) is 7. The molecule has 9 nitrogen and oxygen atoms in total. The molecule has 1 saturated heterocycles. The highest BCUT2D eigenvalue weighted by molar-refractivity contribution is 7.88. The molecule has 0 N–H and O–H groups in total. The van der Waals surface area contributed by atoms with Gasteiger partial charge in [-0.25, -0.2) is 22.0 Å². The number of esters is 1. The number of anilines is 1. The number of piperazine rings is 1. The van der Waals surface area contributed by atoms with Crippen LogP contribution in [0.15, 0.2) is 83.8 Å². The van der Waals surface area contributed by atoms with Gasteiger partial charge in [0.2, 0.25) is 10.0 Å². The number of carbonyl (C=O) groups is 1. The van der Waals surface area contributed by atoms with Gasteiger partial charge in [0, 0.05) is 32.2 Å². The summed E-state index contributed by atoms with van der Waals surface area (Å²) in [6, 6.07) is 17.8. The molecule has 0 unspecified atom stereocenters. The van der Waals surface area contributed by atoms with Crippen LogP contribution in [-0.4, -0.2) is 61.8 Å². The number of carbonyl (C=O) groups excluding carboxylic acids is 1. The van der Waals surface area contributed by atoms with E-state index in [0.29, 0.717) is 22.9 Å².